The molecule has 1 heterocycles. The van der Waals surface area contributed by atoms with Gasteiger partial charge in [0.2, 0.25) is 0 Å². The Morgan fingerprint density at radius 1 is 1.30 bits per heavy atom. The Hall–Kier alpha value is -1.75. The molecule has 5 heteroatoms. The molecule has 0 spiro atoms. The summed E-state index contributed by atoms with van der Waals surface area (Å²) in [6.45, 7) is 2.71. The average molecular weight is 378 g/mol. The number of furan rings is 1. The summed E-state index contributed by atoms with van der Waals surface area (Å²) in [6.07, 6.45) is 1.20. The maximum Gasteiger partial charge on any atom is 0.260 e. The van der Waals surface area contributed by atoms with Crippen LogP contribution in [-0.4, -0.2) is 24.5 Å². The second kappa shape index (κ2) is 6.79. The second-order valence-corrected chi connectivity index (χ2v) is 7.03. The number of benzene rings is 1. The quantitative estimate of drug-likeness (QED) is 0.757. The van der Waals surface area contributed by atoms with Crippen LogP contribution in [0.4, 0.5) is 0 Å². The van der Waals surface area contributed by atoms with Gasteiger partial charge in [-0.15, -0.1) is 0 Å². The minimum Gasteiger partial charge on any atom is -0.484 e. The topological polar surface area (TPSA) is 42.7 Å². The molecule has 122 valence electrons. The van der Waals surface area contributed by atoms with Gasteiger partial charge in [0.25, 0.3) is 5.91 Å². The molecule has 3 rings (SSSR count). The van der Waals surface area contributed by atoms with E-state index in [9.17, 15) is 4.79 Å². The van der Waals surface area contributed by atoms with Crippen LogP contribution in [0.25, 0.3) is 0 Å². The van der Waals surface area contributed by atoms with Gasteiger partial charge in [0.1, 0.15) is 17.3 Å². The summed E-state index contributed by atoms with van der Waals surface area (Å²) in [7, 11) is 1.76. The minimum atomic E-state index is -0.0781. The van der Waals surface area contributed by atoms with Gasteiger partial charge in [0, 0.05) is 17.4 Å². The monoisotopic (exact) mass is 377 g/mol. The van der Waals surface area contributed by atoms with E-state index in [1.54, 1.807) is 11.9 Å². The Labute approximate surface area is 144 Å². The van der Waals surface area contributed by atoms with Crippen LogP contribution in [-0.2, 0) is 11.3 Å². The third-order valence-electron chi connectivity index (χ3n) is 4.15. The van der Waals surface area contributed by atoms with E-state index in [4.69, 9.17) is 9.15 Å². The molecule has 1 aliphatic rings. The maximum absolute atomic E-state index is 12.1. The first-order valence-corrected chi connectivity index (χ1v) is 8.53. The number of hydrogen-bond donors (Lipinski definition) is 0. The second-order valence-electron chi connectivity index (χ2n) is 6.12. The van der Waals surface area contributed by atoms with Crippen molar-refractivity contribution in [3.8, 4) is 5.75 Å². The normalized spacial score (nSPS) is 19.4. The maximum atomic E-state index is 12.1. The van der Waals surface area contributed by atoms with Crippen molar-refractivity contribution in [2.45, 2.75) is 25.8 Å². The van der Waals surface area contributed by atoms with Gasteiger partial charge in [-0.25, -0.2) is 0 Å². The molecule has 0 bridgehead atoms. The van der Waals surface area contributed by atoms with Crippen molar-refractivity contribution >= 4 is 21.8 Å². The molecule has 1 fully saturated rings. The van der Waals surface area contributed by atoms with Crippen LogP contribution in [0.2, 0.25) is 0 Å². The standard InChI is InChI=1S/C18H20BrNO3/c1-12-9-16(12)17-8-7-15(23-17)10-20(2)18(21)11-22-14-5-3-13(19)4-6-14/h3-8,12,16H,9-11H2,1-2H3. The molecule has 1 amide bonds. The van der Waals surface area contributed by atoms with Crippen molar-refractivity contribution in [2.75, 3.05) is 13.7 Å². The van der Waals surface area contributed by atoms with Gasteiger partial charge in [-0.1, -0.05) is 22.9 Å². The number of carbonyl (C=O) groups is 1. The van der Waals surface area contributed by atoms with Crippen molar-refractivity contribution in [2.24, 2.45) is 5.92 Å². The number of hydrogen-bond acceptors (Lipinski definition) is 3. The van der Waals surface area contributed by atoms with Gasteiger partial charge in [-0.3, -0.25) is 4.79 Å². The van der Waals surface area contributed by atoms with E-state index in [1.165, 1.54) is 6.42 Å². The van der Waals surface area contributed by atoms with Crippen LogP contribution in [0.15, 0.2) is 45.3 Å². The molecular formula is C18H20BrNO3. The minimum absolute atomic E-state index is 0.0192. The highest BCUT2D eigenvalue weighted by Crippen LogP contribution is 2.47. The molecule has 4 nitrogen and oxygen atoms in total. The molecule has 2 unspecified atom stereocenters. The van der Waals surface area contributed by atoms with Crippen molar-refractivity contribution < 1.29 is 13.9 Å². The highest BCUT2D eigenvalue weighted by molar-refractivity contribution is 9.10. The van der Waals surface area contributed by atoms with Crippen LogP contribution >= 0.6 is 15.9 Å². The predicted molar refractivity (Wildman–Crippen MR) is 91.3 cm³/mol. The van der Waals surface area contributed by atoms with Crippen molar-refractivity contribution in [3.63, 3.8) is 0 Å². The first-order valence-electron chi connectivity index (χ1n) is 7.74. The van der Waals surface area contributed by atoms with Gasteiger partial charge in [-0.2, -0.15) is 0 Å². The van der Waals surface area contributed by atoms with E-state index in [-0.39, 0.29) is 12.5 Å². The molecule has 1 saturated carbocycles. The Kier molecular flexibility index (Phi) is 4.76. The number of halogens is 1. The molecule has 0 saturated heterocycles. The molecule has 0 N–H and O–H groups in total. The summed E-state index contributed by atoms with van der Waals surface area (Å²) in [5.74, 6) is 3.74. The fraction of sp³-hybridized carbons (Fsp3) is 0.389. The number of amides is 1. The summed E-state index contributed by atoms with van der Waals surface area (Å²) >= 11 is 3.36. The molecule has 0 radical (unpaired) electrons. The van der Waals surface area contributed by atoms with Crippen molar-refractivity contribution in [1.29, 1.82) is 0 Å². The Morgan fingerprint density at radius 2 is 2.00 bits per heavy atom. The summed E-state index contributed by atoms with van der Waals surface area (Å²) in [6, 6.07) is 11.4. The number of ether oxygens (including phenoxy) is 1. The molecular weight excluding hydrogens is 358 g/mol. The van der Waals surface area contributed by atoms with Crippen molar-refractivity contribution in [3.05, 3.63) is 52.4 Å². The van der Waals surface area contributed by atoms with E-state index in [0.717, 1.165) is 16.0 Å². The number of likely N-dealkylation sites (N-methyl/N-ethyl adjacent to an activating group) is 1. The Bertz CT molecular complexity index is 680. The molecule has 2 aromatic rings. The zero-order valence-electron chi connectivity index (χ0n) is 13.3. The highest BCUT2D eigenvalue weighted by Gasteiger charge is 2.36. The molecule has 1 aromatic carbocycles. The van der Waals surface area contributed by atoms with Crippen LogP contribution in [0.1, 0.15) is 30.8 Å². The van der Waals surface area contributed by atoms with E-state index < -0.39 is 0 Å². The van der Waals surface area contributed by atoms with Crippen LogP contribution < -0.4 is 4.74 Å². The van der Waals surface area contributed by atoms with E-state index in [2.05, 4.69) is 22.9 Å². The molecule has 2 atom stereocenters. The Balaban J connectivity index is 1.49. The number of nitrogens with zero attached hydrogens (tertiary/aromatic N) is 1. The smallest absolute Gasteiger partial charge is 0.260 e. The van der Waals surface area contributed by atoms with Gasteiger partial charge in [0.05, 0.1) is 6.54 Å². The van der Waals surface area contributed by atoms with E-state index in [1.807, 2.05) is 36.4 Å². The summed E-state index contributed by atoms with van der Waals surface area (Å²) in [4.78, 5) is 13.8. The number of carbonyl (C=O) groups excluding carboxylic acids is 1. The fourth-order valence-electron chi connectivity index (χ4n) is 2.51. The molecule has 1 aliphatic carbocycles. The van der Waals surface area contributed by atoms with Gasteiger partial charge >= 0.3 is 0 Å². The first kappa shape index (κ1) is 16.1. The summed E-state index contributed by atoms with van der Waals surface area (Å²) in [5.41, 5.74) is 0. The zero-order valence-corrected chi connectivity index (χ0v) is 14.9. The summed E-state index contributed by atoms with van der Waals surface area (Å²) in [5, 5.41) is 0. The third kappa shape index (κ3) is 4.16. The zero-order chi connectivity index (χ0) is 16.4. The molecule has 23 heavy (non-hydrogen) atoms. The lowest BCUT2D eigenvalue weighted by Gasteiger charge is -2.16. The average Bonchev–Trinajstić information content (AvgIpc) is 3.08. The number of rotatable bonds is 6. The first-order chi connectivity index (χ1) is 11.0. The van der Waals surface area contributed by atoms with E-state index >= 15 is 0 Å². The fourth-order valence-corrected chi connectivity index (χ4v) is 2.77. The van der Waals surface area contributed by atoms with Crippen LogP contribution in [0.3, 0.4) is 0 Å². The van der Waals surface area contributed by atoms with Crippen LogP contribution in [0, 0.1) is 5.92 Å². The lowest BCUT2D eigenvalue weighted by Crippen LogP contribution is -2.30. The third-order valence-corrected chi connectivity index (χ3v) is 4.68. The predicted octanol–water partition coefficient (Wildman–Crippen LogP) is 4.20. The highest BCUT2D eigenvalue weighted by atomic mass is 79.9. The lowest BCUT2D eigenvalue weighted by molar-refractivity contribution is -0.132. The van der Waals surface area contributed by atoms with Gasteiger partial charge in [-0.05, 0) is 48.7 Å². The summed E-state index contributed by atoms with van der Waals surface area (Å²) < 4.78 is 12.3. The lowest BCUT2D eigenvalue weighted by atomic mass is 10.3. The SMILES string of the molecule is CC1CC1c1ccc(CN(C)C(=O)COc2ccc(Br)cc2)o1. The molecule has 1 aromatic heterocycles. The van der Waals surface area contributed by atoms with Crippen LogP contribution in [0.5, 0.6) is 5.75 Å². The largest absolute Gasteiger partial charge is 0.484 e. The molecule has 0 aliphatic heterocycles. The van der Waals surface area contributed by atoms with Crippen molar-refractivity contribution in [1.82, 2.24) is 4.90 Å². The van der Waals surface area contributed by atoms with E-state index in [0.29, 0.717) is 24.1 Å². The van der Waals surface area contributed by atoms with Gasteiger partial charge in [0.15, 0.2) is 6.61 Å². The Morgan fingerprint density at radius 3 is 2.65 bits per heavy atom. The van der Waals surface area contributed by atoms with Gasteiger partial charge < -0.3 is 14.1 Å².